The SMILES string of the molecule is O=C(O)CC[C@H](NC(=O)N[C@@H](CCCCNC(=O)Cn1cc([123I])nn1)C(=O)O)C(=O)O. The molecule has 31 heavy (non-hydrogen) atoms. The van der Waals surface area contributed by atoms with Gasteiger partial charge in [-0.3, -0.25) is 9.59 Å². The Bertz CT molecular complexity index is 801. The largest absolute Gasteiger partial charge is 0.481 e. The molecule has 0 radical (unpaired) electrons. The maximum atomic E-state index is 11.9. The van der Waals surface area contributed by atoms with E-state index in [1.807, 2.05) is 22.6 Å². The molecule has 0 fully saturated rings. The molecule has 0 aliphatic heterocycles. The summed E-state index contributed by atoms with van der Waals surface area (Å²) in [6.45, 7) is 0.293. The van der Waals surface area contributed by atoms with Crippen molar-refractivity contribution in [1.82, 2.24) is 30.9 Å². The second-order valence-electron chi connectivity index (χ2n) is 6.42. The number of amides is 3. The van der Waals surface area contributed by atoms with Crippen molar-refractivity contribution in [1.29, 1.82) is 0 Å². The summed E-state index contributed by atoms with van der Waals surface area (Å²) < 4.78 is 2.03. The van der Waals surface area contributed by atoms with Gasteiger partial charge in [0, 0.05) is 13.0 Å². The molecule has 0 saturated carbocycles. The summed E-state index contributed by atoms with van der Waals surface area (Å²) in [5.74, 6) is -4.24. The molecule has 1 aromatic rings. The first-order chi connectivity index (χ1) is 14.6. The molecule has 0 saturated heterocycles. The van der Waals surface area contributed by atoms with Crippen molar-refractivity contribution in [3.8, 4) is 0 Å². The number of aliphatic carboxylic acids is 3. The van der Waals surface area contributed by atoms with Gasteiger partial charge in [-0.15, -0.1) is 5.10 Å². The number of halogens is 1. The van der Waals surface area contributed by atoms with Gasteiger partial charge < -0.3 is 31.3 Å². The molecule has 0 aromatic carbocycles. The molecule has 0 aliphatic rings. The zero-order valence-electron chi connectivity index (χ0n) is 16.3. The third-order valence-corrected chi connectivity index (χ3v) is 4.41. The number of unbranched alkanes of at least 4 members (excludes halogenated alkanes) is 1. The number of aromatic nitrogens is 3. The maximum absolute atomic E-state index is 11.9. The molecule has 1 heterocycles. The van der Waals surface area contributed by atoms with Crippen molar-refractivity contribution >= 4 is 52.4 Å². The Morgan fingerprint density at radius 1 is 1.00 bits per heavy atom. The van der Waals surface area contributed by atoms with Crippen LogP contribution in [0.5, 0.6) is 0 Å². The zero-order valence-corrected chi connectivity index (χ0v) is 18.4. The predicted molar refractivity (Wildman–Crippen MR) is 111 cm³/mol. The van der Waals surface area contributed by atoms with E-state index in [-0.39, 0.29) is 25.3 Å². The van der Waals surface area contributed by atoms with Gasteiger partial charge in [0.25, 0.3) is 0 Å². The van der Waals surface area contributed by atoms with E-state index in [1.165, 1.54) is 4.68 Å². The van der Waals surface area contributed by atoms with Crippen LogP contribution in [0, 0.1) is 3.70 Å². The Hall–Kier alpha value is -2.98. The molecule has 6 N–H and O–H groups in total. The molecule has 1 aromatic heterocycles. The van der Waals surface area contributed by atoms with E-state index in [9.17, 15) is 29.1 Å². The molecule has 15 heteroatoms. The lowest BCUT2D eigenvalue weighted by molar-refractivity contribution is -0.140. The van der Waals surface area contributed by atoms with Crippen LogP contribution in [0.2, 0.25) is 0 Å². The molecule has 0 unspecified atom stereocenters. The molecule has 0 aliphatic carbocycles. The number of carbonyl (C=O) groups excluding carboxylic acids is 2. The lowest BCUT2D eigenvalue weighted by Gasteiger charge is -2.18. The fraction of sp³-hybridized carbons (Fsp3) is 0.562. The highest BCUT2D eigenvalue weighted by Crippen LogP contribution is 2.03. The van der Waals surface area contributed by atoms with Crippen LogP contribution in [0.3, 0.4) is 0 Å². The highest BCUT2D eigenvalue weighted by atomic mass is 123. The van der Waals surface area contributed by atoms with E-state index in [0.717, 1.165) is 0 Å². The van der Waals surface area contributed by atoms with Crippen molar-refractivity contribution in [2.24, 2.45) is 0 Å². The molecular weight excluding hydrogens is 527 g/mol. The van der Waals surface area contributed by atoms with Crippen molar-refractivity contribution < 1.29 is 39.3 Å². The lowest BCUT2D eigenvalue weighted by Crippen LogP contribution is -2.51. The van der Waals surface area contributed by atoms with Crippen LogP contribution in [0.4, 0.5) is 4.79 Å². The van der Waals surface area contributed by atoms with E-state index in [1.54, 1.807) is 6.20 Å². The van der Waals surface area contributed by atoms with E-state index in [2.05, 4.69) is 26.3 Å². The molecule has 3 amide bonds. The second kappa shape index (κ2) is 13.3. The van der Waals surface area contributed by atoms with Crippen LogP contribution in [-0.4, -0.2) is 78.8 Å². The third-order valence-electron chi connectivity index (χ3n) is 3.91. The molecular formula is C16H23IN6O8. The summed E-state index contributed by atoms with van der Waals surface area (Å²) in [4.78, 5) is 56.6. The predicted octanol–water partition coefficient (Wildman–Crippen LogP) is -0.760. The maximum Gasteiger partial charge on any atom is 0.326 e. The summed E-state index contributed by atoms with van der Waals surface area (Å²) in [5.41, 5.74) is 0. The van der Waals surface area contributed by atoms with Gasteiger partial charge in [0.15, 0.2) is 0 Å². The van der Waals surface area contributed by atoms with Crippen LogP contribution in [0.15, 0.2) is 6.20 Å². The normalized spacial score (nSPS) is 12.4. The summed E-state index contributed by atoms with van der Waals surface area (Å²) in [5, 5.41) is 41.2. The van der Waals surface area contributed by atoms with Gasteiger partial charge >= 0.3 is 23.9 Å². The van der Waals surface area contributed by atoms with Crippen molar-refractivity contribution in [3.63, 3.8) is 0 Å². The van der Waals surface area contributed by atoms with Crippen LogP contribution >= 0.6 is 22.6 Å². The summed E-state index contributed by atoms with van der Waals surface area (Å²) in [7, 11) is 0. The zero-order chi connectivity index (χ0) is 23.4. The lowest BCUT2D eigenvalue weighted by atomic mass is 10.1. The summed E-state index contributed by atoms with van der Waals surface area (Å²) in [6, 6.07) is -3.77. The van der Waals surface area contributed by atoms with Crippen LogP contribution in [-0.2, 0) is 25.7 Å². The molecule has 0 bridgehead atoms. The number of urea groups is 1. The number of carbonyl (C=O) groups is 5. The van der Waals surface area contributed by atoms with Crippen LogP contribution in [0.1, 0.15) is 32.1 Å². The van der Waals surface area contributed by atoms with Gasteiger partial charge in [-0.1, -0.05) is 5.21 Å². The highest BCUT2D eigenvalue weighted by molar-refractivity contribution is 14.1. The fourth-order valence-corrected chi connectivity index (χ4v) is 2.82. The minimum Gasteiger partial charge on any atom is -0.481 e. The average Bonchev–Trinajstić information content (AvgIpc) is 3.07. The molecule has 2 atom stereocenters. The Labute approximate surface area is 189 Å². The smallest absolute Gasteiger partial charge is 0.326 e. The van der Waals surface area contributed by atoms with Gasteiger partial charge in [-0.25, -0.2) is 19.1 Å². The Morgan fingerprint density at radius 3 is 2.13 bits per heavy atom. The highest BCUT2D eigenvalue weighted by Gasteiger charge is 2.24. The molecule has 0 spiro atoms. The molecule has 1 rings (SSSR count). The number of carboxylic acid groups (broad SMARTS) is 3. The van der Waals surface area contributed by atoms with Gasteiger partial charge in [0.05, 0.1) is 6.20 Å². The van der Waals surface area contributed by atoms with Crippen LogP contribution in [0.25, 0.3) is 0 Å². The van der Waals surface area contributed by atoms with Gasteiger partial charge in [0.2, 0.25) is 5.91 Å². The second-order valence-corrected chi connectivity index (χ2v) is 7.52. The number of carboxylic acids is 3. The van der Waals surface area contributed by atoms with Crippen molar-refractivity contribution in [2.45, 2.75) is 50.7 Å². The van der Waals surface area contributed by atoms with Gasteiger partial charge in [-0.2, -0.15) is 0 Å². The molecule has 172 valence electrons. The van der Waals surface area contributed by atoms with Crippen molar-refractivity contribution in [2.75, 3.05) is 6.54 Å². The Morgan fingerprint density at radius 2 is 1.61 bits per heavy atom. The number of hydrogen-bond acceptors (Lipinski definition) is 7. The van der Waals surface area contributed by atoms with E-state index < -0.39 is 42.4 Å². The van der Waals surface area contributed by atoms with Crippen molar-refractivity contribution in [3.05, 3.63) is 9.90 Å². The standard InChI is InChI=1S/C16H23IN6O8/c17-11-7-23(22-21-11)8-12(24)18-6-2-1-3-9(14(27)28)19-16(31)20-10(15(29)30)4-5-13(25)26/h7,9-10H,1-6,8H2,(H,18,24)(H,25,26)(H,27,28)(H,29,30)(H2,19,20,31)/t9-,10-/m0/s1/i17-4. The van der Waals surface area contributed by atoms with E-state index >= 15 is 0 Å². The number of hydrogen-bond donors (Lipinski definition) is 6. The summed E-state index contributed by atoms with van der Waals surface area (Å²) >= 11 is 1.96. The fourth-order valence-electron chi connectivity index (χ4n) is 2.40. The Kier molecular flexibility index (Phi) is 11.2. The first-order valence-corrected chi connectivity index (χ1v) is 10.2. The monoisotopic (exact) mass is 550 g/mol. The molecule has 14 nitrogen and oxygen atoms in total. The first-order valence-electron chi connectivity index (χ1n) is 9.15. The van der Waals surface area contributed by atoms with Crippen LogP contribution < -0.4 is 16.0 Å². The van der Waals surface area contributed by atoms with E-state index in [4.69, 9.17) is 10.2 Å². The first kappa shape index (κ1) is 26.1. The van der Waals surface area contributed by atoms with Gasteiger partial charge in [0.1, 0.15) is 22.3 Å². The summed E-state index contributed by atoms with van der Waals surface area (Å²) in [6.07, 6.45) is 1.65. The van der Waals surface area contributed by atoms with Gasteiger partial charge in [-0.05, 0) is 48.3 Å². The number of nitrogens with zero attached hydrogens (tertiary/aromatic N) is 3. The number of rotatable bonds is 14. The Balaban J connectivity index is 2.35. The topological polar surface area (TPSA) is 213 Å². The van der Waals surface area contributed by atoms with E-state index in [0.29, 0.717) is 23.1 Å². The third kappa shape index (κ3) is 11.1. The minimum absolute atomic E-state index is 0.00208. The number of nitrogens with one attached hydrogen (secondary N) is 3. The minimum atomic E-state index is -1.46. The quantitative estimate of drug-likeness (QED) is 0.126. The average molecular weight is 550 g/mol.